The minimum absolute atomic E-state index is 0.168. The summed E-state index contributed by atoms with van der Waals surface area (Å²) >= 11 is 10.9. The van der Waals surface area contributed by atoms with Crippen LogP contribution >= 0.6 is 23.2 Å². The van der Waals surface area contributed by atoms with Gasteiger partial charge in [0.1, 0.15) is 24.5 Å². The summed E-state index contributed by atoms with van der Waals surface area (Å²) in [6.45, 7) is 6.26. The van der Waals surface area contributed by atoms with E-state index in [1.165, 1.54) is 7.11 Å². The molecule has 0 saturated carbocycles. The second kappa shape index (κ2) is 10.7. The lowest BCUT2D eigenvalue weighted by Crippen LogP contribution is -2.76. The molecule has 33 heavy (non-hydrogen) atoms. The molecule has 0 aliphatic carbocycles. The summed E-state index contributed by atoms with van der Waals surface area (Å²) in [5.74, 6) is -5.90. The molecule has 0 bridgehead atoms. The van der Waals surface area contributed by atoms with Crippen molar-refractivity contribution in [2.24, 2.45) is 5.92 Å². The predicted molar refractivity (Wildman–Crippen MR) is 113 cm³/mol. The average Bonchev–Trinajstić information content (AvgIpc) is 3.05. The molecule has 0 unspecified atom stereocenters. The van der Waals surface area contributed by atoms with Crippen LogP contribution in [-0.2, 0) is 38.0 Å². The minimum atomic E-state index is -1.79. The average molecular weight is 515 g/mol. The molecule has 0 aromatic heterocycles. The van der Waals surface area contributed by atoms with Crippen LogP contribution in [0, 0.1) is 5.92 Å². The number of carbonyl (C=O) groups is 4. The Labute approximate surface area is 200 Å². The third-order valence-corrected chi connectivity index (χ3v) is 5.70. The lowest BCUT2D eigenvalue weighted by molar-refractivity contribution is -0.386. The fourth-order valence-corrected chi connectivity index (χ4v) is 4.12. The van der Waals surface area contributed by atoms with Crippen molar-refractivity contribution in [1.29, 1.82) is 0 Å². The van der Waals surface area contributed by atoms with E-state index in [2.05, 4.69) is 0 Å². The molecule has 188 valence electrons. The number of methoxy groups -OCH3 is 1. The van der Waals surface area contributed by atoms with Crippen molar-refractivity contribution < 1.29 is 47.6 Å². The molecule has 0 aromatic rings. The molecule has 2 aliphatic rings. The normalized spacial score (nSPS) is 30.7. The lowest BCUT2D eigenvalue weighted by Gasteiger charge is -2.55. The number of imide groups is 2. The molecule has 2 saturated heterocycles. The molecule has 2 aliphatic heterocycles. The topological polar surface area (TPSA) is 148 Å². The number of alkyl carbamates (subject to hydrolysis) is 2. The first kappa shape index (κ1) is 27.5. The van der Waals surface area contributed by atoms with Gasteiger partial charge in [-0.3, -0.25) is 20.2 Å². The van der Waals surface area contributed by atoms with Crippen LogP contribution in [0.5, 0.6) is 0 Å². The lowest BCUT2D eigenvalue weighted by atomic mass is 9.73. The van der Waals surface area contributed by atoms with Crippen molar-refractivity contribution >= 4 is 47.2 Å². The van der Waals surface area contributed by atoms with Crippen LogP contribution in [0.25, 0.3) is 0 Å². The smallest absolute Gasteiger partial charge is 0.414 e. The van der Waals surface area contributed by atoms with E-state index < -0.39 is 71.1 Å². The van der Waals surface area contributed by atoms with E-state index in [-0.39, 0.29) is 13.2 Å². The number of hydrogen-bond acceptors (Lipinski definition) is 10. The molecule has 4 amide bonds. The maximum atomic E-state index is 12.7. The maximum absolute atomic E-state index is 12.7. The second-order valence-electron chi connectivity index (χ2n) is 8.16. The number of alkyl halides is 2. The van der Waals surface area contributed by atoms with Gasteiger partial charge in [0.2, 0.25) is 23.2 Å². The number of carbonyl (C=O) groups excluding carboxylic acids is 4. The van der Waals surface area contributed by atoms with Gasteiger partial charge in [-0.05, 0) is 13.8 Å². The highest BCUT2D eigenvalue weighted by Gasteiger charge is 2.72. The number of nitrogens with one attached hydrogen (secondary N) is 2. The summed E-state index contributed by atoms with van der Waals surface area (Å²) in [7, 11) is 1.31. The minimum Gasteiger partial charge on any atom is -0.441 e. The highest BCUT2D eigenvalue weighted by atomic mass is 35.5. The van der Waals surface area contributed by atoms with E-state index in [1.54, 1.807) is 27.7 Å². The third-order valence-electron chi connectivity index (χ3n) is 5.21. The Morgan fingerprint density at radius 1 is 1.03 bits per heavy atom. The first-order valence-corrected chi connectivity index (χ1v) is 11.1. The van der Waals surface area contributed by atoms with Gasteiger partial charge in [-0.1, -0.05) is 13.8 Å². The molecule has 2 heterocycles. The fourth-order valence-electron chi connectivity index (χ4n) is 3.98. The third kappa shape index (κ3) is 5.69. The van der Waals surface area contributed by atoms with Crippen LogP contribution in [0.4, 0.5) is 9.59 Å². The largest absolute Gasteiger partial charge is 0.441 e. The quantitative estimate of drug-likeness (QED) is 0.496. The zero-order valence-corrected chi connectivity index (χ0v) is 20.4. The molecule has 2 fully saturated rings. The van der Waals surface area contributed by atoms with Gasteiger partial charge < -0.3 is 28.4 Å². The molecular formula is C19H28Cl2N2O10. The van der Waals surface area contributed by atoms with E-state index in [0.717, 1.165) is 0 Å². The molecule has 14 heteroatoms. The first-order chi connectivity index (χ1) is 15.4. The summed E-state index contributed by atoms with van der Waals surface area (Å²) < 4.78 is 34.6. The van der Waals surface area contributed by atoms with Crippen molar-refractivity contribution in [3.05, 3.63) is 0 Å². The highest BCUT2D eigenvalue weighted by Crippen LogP contribution is 2.51. The van der Waals surface area contributed by atoms with E-state index in [1.807, 2.05) is 10.6 Å². The van der Waals surface area contributed by atoms with Crippen LogP contribution in [0.15, 0.2) is 0 Å². The molecule has 0 radical (unpaired) electrons. The van der Waals surface area contributed by atoms with Crippen molar-refractivity contribution in [2.75, 3.05) is 32.1 Å². The van der Waals surface area contributed by atoms with E-state index in [4.69, 9.17) is 51.6 Å². The van der Waals surface area contributed by atoms with Crippen LogP contribution in [0.1, 0.15) is 27.7 Å². The standard InChI is InChI=1S/C19H28Cl2N2O10/c1-10(2)19(32-16(27)23-13(25)7-21)14(28-5)11(31-15(26)22-12(24)6-20)8-29-18(19)9-30-17(3,4)33-18/h10-11,14H,6-9H2,1-5H3,(H,22,24,26)(H,23,25,27)/t11-,14-,18+,19-/m1/s1. The van der Waals surface area contributed by atoms with Crippen LogP contribution < -0.4 is 10.6 Å². The number of ether oxygens (including phenoxy) is 6. The SMILES string of the molecule is CO[C@@H]1[C@H](OC(=O)NC(=O)CCl)CO[C@]2(COC(C)(C)O2)[C@@]1(OC(=O)NC(=O)CCl)C(C)C. The Morgan fingerprint density at radius 2 is 1.61 bits per heavy atom. The number of amides is 4. The molecule has 2 N–H and O–H groups in total. The molecular weight excluding hydrogens is 487 g/mol. The Hall–Kier alpha value is -1.70. The van der Waals surface area contributed by atoms with Crippen LogP contribution in [0.3, 0.4) is 0 Å². The first-order valence-electron chi connectivity index (χ1n) is 10.0. The van der Waals surface area contributed by atoms with Crippen LogP contribution in [0.2, 0.25) is 0 Å². The summed E-state index contributed by atoms with van der Waals surface area (Å²) in [6.07, 6.45) is -4.57. The number of halogens is 2. The van der Waals surface area contributed by atoms with Crippen LogP contribution in [-0.4, -0.2) is 85.5 Å². The van der Waals surface area contributed by atoms with Gasteiger partial charge in [0, 0.05) is 13.0 Å². The van der Waals surface area contributed by atoms with Gasteiger partial charge in [-0.2, -0.15) is 0 Å². The van der Waals surface area contributed by atoms with Crippen molar-refractivity contribution in [3.8, 4) is 0 Å². The monoisotopic (exact) mass is 514 g/mol. The Morgan fingerprint density at radius 3 is 2.06 bits per heavy atom. The summed E-state index contributed by atoms with van der Waals surface area (Å²) in [6, 6.07) is 0. The van der Waals surface area contributed by atoms with E-state index >= 15 is 0 Å². The van der Waals surface area contributed by atoms with E-state index in [9.17, 15) is 19.2 Å². The Kier molecular flexibility index (Phi) is 8.93. The summed E-state index contributed by atoms with van der Waals surface area (Å²) in [5, 5.41) is 3.95. The number of rotatable bonds is 6. The highest BCUT2D eigenvalue weighted by molar-refractivity contribution is 6.28. The van der Waals surface area contributed by atoms with Gasteiger partial charge in [-0.25, -0.2) is 9.59 Å². The van der Waals surface area contributed by atoms with E-state index in [0.29, 0.717) is 0 Å². The predicted octanol–water partition coefficient (Wildman–Crippen LogP) is 1.26. The van der Waals surface area contributed by atoms with Gasteiger partial charge in [0.25, 0.3) is 0 Å². The number of hydrogen-bond donors (Lipinski definition) is 2. The van der Waals surface area contributed by atoms with Crippen molar-refractivity contribution in [2.45, 2.75) is 57.1 Å². The van der Waals surface area contributed by atoms with Gasteiger partial charge in [0.15, 0.2) is 11.9 Å². The molecule has 4 atom stereocenters. The second-order valence-corrected chi connectivity index (χ2v) is 8.69. The van der Waals surface area contributed by atoms with Gasteiger partial charge in [0.05, 0.1) is 6.61 Å². The molecule has 12 nitrogen and oxygen atoms in total. The fraction of sp³-hybridized carbons (Fsp3) is 0.789. The molecule has 0 aromatic carbocycles. The van der Waals surface area contributed by atoms with Crippen molar-refractivity contribution in [1.82, 2.24) is 10.6 Å². The van der Waals surface area contributed by atoms with Gasteiger partial charge >= 0.3 is 12.2 Å². The zero-order valence-electron chi connectivity index (χ0n) is 18.9. The molecule has 2 rings (SSSR count). The summed E-state index contributed by atoms with van der Waals surface area (Å²) in [4.78, 5) is 48.0. The Balaban J connectivity index is 2.48. The maximum Gasteiger partial charge on any atom is 0.414 e. The zero-order chi connectivity index (χ0) is 25.0. The van der Waals surface area contributed by atoms with Gasteiger partial charge in [-0.15, -0.1) is 23.2 Å². The molecule has 1 spiro atoms. The summed E-state index contributed by atoms with van der Waals surface area (Å²) in [5.41, 5.74) is -1.79. The van der Waals surface area contributed by atoms with Crippen molar-refractivity contribution in [3.63, 3.8) is 0 Å². The Bertz CT molecular complexity index is 780.